The average molecular weight is 475 g/mol. The fourth-order valence-electron chi connectivity index (χ4n) is 3.52. The van der Waals surface area contributed by atoms with Crippen LogP contribution in [0.4, 0.5) is 5.95 Å². The molecule has 0 bridgehead atoms. The van der Waals surface area contributed by atoms with Crippen molar-refractivity contribution >= 4 is 24.7 Å². The maximum absolute atomic E-state index is 12.6. The van der Waals surface area contributed by atoms with Gasteiger partial charge in [0.25, 0.3) is 0 Å². The molecule has 32 heavy (non-hydrogen) atoms. The van der Waals surface area contributed by atoms with E-state index in [9.17, 15) is 24.8 Å². The lowest BCUT2D eigenvalue weighted by atomic mass is 9.97. The number of nitrogen functional groups attached to an aromatic ring is 1. The van der Waals surface area contributed by atoms with Crippen molar-refractivity contribution in [3.8, 4) is 5.88 Å². The number of methoxy groups -OCH3 is 1. The average Bonchev–Trinajstić information content (AvgIpc) is 3.22. The Balaban J connectivity index is 1.84. The van der Waals surface area contributed by atoms with Crippen LogP contribution in [-0.2, 0) is 13.8 Å². The number of rotatable bonds is 8. The Morgan fingerprint density at radius 1 is 1.28 bits per heavy atom. The Labute approximate surface area is 184 Å². The summed E-state index contributed by atoms with van der Waals surface area (Å²) in [4.78, 5) is 22.5. The summed E-state index contributed by atoms with van der Waals surface area (Å²) >= 11 is 0. The highest BCUT2D eigenvalue weighted by Gasteiger charge is 2.50. The molecule has 13 nitrogen and oxygen atoms in total. The highest BCUT2D eigenvalue weighted by Crippen LogP contribution is 2.58. The van der Waals surface area contributed by atoms with Gasteiger partial charge >= 0.3 is 7.60 Å². The zero-order valence-corrected chi connectivity index (χ0v) is 19.4. The van der Waals surface area contributed by atoms with Gasteiger partial charge in [0.15, 0.2) is 22.7 Å². The first kappa shape index (κ1) is 24.8. The van der Waals surface area contributed by atoms with Crippen LogP contribution in [0, 0.1) is 0 Å². The molecule has 1 aliphatic rings. The third-order valence-corrected chi connectivity index (χ3v) is 7.83. The van der Waals surface area contributed by atoms with E-state index in [4.69, 9.17) is 19.7 Å². The second-order valence-corrected chi connectivity index (χ2v) is 10.8. The molecule has 6 N–H and O–H groups in total. The first-order chi connectivity index (χ1) is 14.7. The summed E-state index contributed by atoms with van der Waals surface area (Å²) < 4.78 is 30.4. The Kier molecular flexibility index (Phi) is 6.57. The SMILES string of the molecule is CCC(C)(O)P(=O)(O)OC(C)(C)CC1O[C@@H](n2cnc3c(OC)nc(N)nc32)[C@H](O)[C@@H]1O. The minimum Gasteiger partial charge on any atom is -0.479 e. The van der Waals surface area contributed by atoms with E-state index in [1.165, 1.54) is 38.8 Å². The van der Waals surface area contributed by atoms with Crippen LogP contribution in [0.2, 0.25) is 0 Å². The molecule has 2 aromatic heterocycles. The van der Waals surface area contributed by atoms with Crippen molar-refractivity contribution in [1.29, 1.82) is 0 Å². The Morgan fingerprint density at radius 2 is 1.94 bits per heavy atom. The number of nitrogens with two attached hydrogens (primary N) is 1. The molecule has 1 aliphatic heterocycles. The van der Waals surface area contributed by atoms with Crippen LogP contribution >= 0.6 is 7.60 Å². The lowest BCUT2D eigenvalue weighted by molar-refractivity contribution is -0.0636. The second kappa shape index (κ2) is 8.49. The zero-order valence-electron chi connectivity index (χ0n) is 18.5. The van der Waals surface area contributed by atoms with E-state index in [-0.39, 0.29) is 30.3 Å². The van der Waals surface area contributed by atoms with Crippen molar-refractivity contribution in [1.82, 2.24) is 19.5 Å². The minimum atomic E-state index is -4.42. The van der Waals surface area contributed by atoms with E-state index in [1.54, 1.807) is 6.92 Å². The van der Waals surface area contributed by atoms with Gasteiger partial charge < -0.3 is 39.9 Å². The number of aliphatic hydroxyl groups excluding tert-OH is 2. The molecule has 6 atom stereocenters. The van der Waals surface area contributed by atoms with Crippen LogP contribution in [0.25, 0.3) is 11.2 Å². The molecule has 3 heterocycles. The van der Waals surface area contributed by atoms with Crippen LogP contribution in [0.15, 0.2) is 6.33 Å². The number of aromatic nitrogens is 4. The predicted octanol–water partition coefficient (Wildman–Crippen LogP) is 0.525. The Bertz CT molecular complexity index is 1030. The summed E-state index contributed by atoms with van der Waals surface area (Å²) in [6.07, 6.45) is -3.45. The molecule has 1 saturated heterocycles. The first-order valence-corrected chi connectivity index (χ1v) is 11.6. The van der Waals surface area contributed by atoms with Crippen LogP contribution in [-0.4, -0.2) is 76.1 Å². The van der Waals surface area contributed by atoms with Gasteiger partial charge in [0.2, 0.25) is 11.8 Å². The van der Waals surface area contributed by atoms with Crippen LogP contribution < -0.4 is 10.5 Å². The fraction of sp³-hybridized carbons (Fsp3) is 0.722. The number of hydrogen-bond acceptors (Lipinski definition) is 11. The lowest BCUT2D eigenvalue weighted by Crippen LogP contribution is -2.38. The molecule has 3 rings (SSSR count). The molecule has 0 radical (unpaired) electrons. The molecule has 14 heteroatoms. The fourth-order valence-corrected chi connectivity index (χ4v) is 4.86. The van der Waals surface area contributed by atoms with E-state index >= 15 is 0 Å². The van der Waals surface area contributed by atoms with Gasteiger partial charge in [0.1, 0.15) is 12.2 Å². The van der Waals surface area contributed by atoms with E-state index in [0.29, 0.717) is 5.52 Å². The third kappa shape index (κ3) is 4.46. The number of nitrogens with zero attached hydrogens (tertiary/aromatic N) is 4. The van der Waals surface area contributed by atoms with Gasteiger partial charge in [-0.25, -0.2) is 4.98 Å². The van der Waals surface area contributed by atoms with Crippen molar-refractivity contribution in [3.63, 3.8) is 0 Å². The van der Waals surface area contributed by atoms with E-state index in [2.05, 4.69) is 15.0 Å². The standard InChI is InChI=1S/C18H30N5O8P/c1-6-18(4,26)32(27,28)31-17(2,3)7-9-11(24)12(25)15(30-9)23-8-20-10-13(23)21-16(19)22-14(10)29-5/h8-9,11-12,15,24-26H,6-7H2,1-5H3,(H,27,28)(H2,19,21,22)/t9?,11-,12-,15-,18?/m1/s1. The predicted molar refractivity (Wildman–Crippen MR) is 113 cm³/mol. The summed E-state index contributed by atoms with van der Waals surface area (Å²) in [5.74, 6) is 0.0731. The van der Waals surface area contributed by atoms with Gasteiger partial charge in [0, 0.05) is 6.42 Å². The molecule has 1 fully saturated rings. The normalized spacial score (nSPS) is 27.9. The van der Waals surface area contributed by atoms with Gasteiger partial charge in [-0.2, -0.15) is 9.97 Å². The molecular weight excluding hydrogens is 445 g/mol. The maximum atomic E-state index is 12.6. The van der Waals surface area contributed by atoms with Crippen LogP contribution in [0.3, 0.4) is 0 Å². The third-order valence-electron chi connectivity index (χ3n) is 5.55. The zero-order chi connectivity index (χ0) is 24.1. The molecule has 0 spiro atoms. The van der Waals surface area contributed by atoms with Gasteiger partial charge in [-0.3, -0.25) is 9.13 Å². The summed E-state index contributed by atoms with van der Waals surface area (Å²) in [6, 6.07) is 0. The van der Waals surface area contributed by atoms with E-state index < -0.39 is 43.1 Å². The second-order valence-electron chi connectivity index (χ2n) is 8.61. The summed E-state index contributed by atoms with van der Waals surface area (Å²) in [6.45, 7) is 5.84. The molecule has 0 aromatic carbocycles. The summed E-state index contributed by atoms with van der Waals surface area (Å²) in [7, 11) is -3.02. The Hall–Kier alpha value is -1.86. The molecule has 0 amide bonds. The molecule has 180 valence electrons. The van der Waals surface area contributed by atoms with Gasteiger partial charge in [0.05, 0.1) is 25.1 Å². The van der Waals surface area contributed by atoms with Crippen LogP contribution in [0.1, 0.15) is 46.8 Å². The molecule has 0 saturated carbocycles. The number of ether oxygens (including phenoxy) is 2. The monoisotopic (exact) mass is 475 g/mol. The topological polar surface area (TPSA) is 195 Å². The number of hydrogen-bond donors (Lipinski definition) is 5. The van der Waals surface area contributed by atoms with E-state index in [0.717, 1.165) is 0 Å². The molecular formula is C18H30N5O8P. The van der Waals surface area contributed by atoms with Gasteiger partial charge in [-0.05, 0) is 27.2 Å². The lowest BCUT2D eigenvalue weighted by Gasteiger charge is -2.35. The smallest absolute Gasteiger partial charge is 0.359 e. The number of aliphatic hydroxyl groups is 3. The molecule has 2 aromatic rings. The molecule has 3 unspecified atom stereocenters. The quantitative estimate of drug-likeness (QED) is 0.333. The largest absolute Gasteiger partial charge is 0.479 e. The van der Waals surface area contributed by atoms with E-state index in [1.807, 2.05) is 0 Å². The van der Waals surface area contributed by atoms with Gasteiger partial charge in [-0.1, -0.05) is 6.92 Å². The van der Waals surface area contributed by atoms with Crippen molar-refractivity contribution in [2.45, 2.75) is 76.0 Å². The Morgan fingerprint density at radius 3 is 2.53 bits per heavy atom. The number of imidazole rings is 1. The van der Waals surface area contributed by atoms with Crippen LogP contribution in [0.5, 0.6) is 5.88 Å². The maximum Gasteiger partial charge on any atom is 0.359 e. The highest BCUT2D eigenvalue weighted by atomic mass is 31.2. The van der Waals surface area contributed by atoms with Crippen molar-refractivity contribution in [3.05, 3.63) is 6.33 Å². The summed E-state index contributed by atoms with van der Waals surface area (Å²) in [5, 5.41) is 29.5. The minimum absolute atomic E-state index is 0.00234. The summed E-state index contributed by atoms with van der Waals surface area (Å²) in [5.41, 5.74) is 4.97. The first-order valence-electron chi connectivity index (χ1n) is 10.0. The molecule has 0 aliphatic carbocycles. The van der Waals surface area contributed by atoms with Crippen molar-refractivity contribution < 1.29 is 38.8 Å². The number of anilines is 1. The van der Waals surface area contributed by atoms with Crippen molar-refractivity contribution in [2.75, 3.05) is 12.8 Å². The number of fused-ring (bicyclic) bond motifs is 1. The van der Waals surface area contributed by atoms with Crippen molar-refractivity contribution in [2.24, 2.45) is 0 Å². The highest BCUT2D eigenvalue weighted by molar-refractivity contribution is 7.54. The van der Waals surface area contributed by atoms with Gasteiger partial charge in [-0.15, -0.1) is 0 Å².